The third-order valence-corrected chi connectivity index (χ3v) is 22.5. The van der Waals surface area contributed by atoms with E-state index in [0.717, 1.165) is 102 Å². The molecule has 0 bridgehead atoms. The normalized spacial score (nSPS) is 14.1. The molecule has 3 unspecified atom stereocenters. The molecule has 0 aromatic carbocycles. The number of hydrogen-bond donors (Lipinski definition) is 3. The van der Waals surface area contributed by atoms with Crippen LogP contribution in [0.15, 0.2) is 0 Å². The molecule has 0 aromatic heterocycles. The van der Waals surface area contributed by atoms with Gasteiger partial charge in [0.15, 0.2) is 12.2 Å². The fourth-order valence-corrected chi connectivity index (χ4v) is 15.0. The standard InChI is InChI=1S/C86H168O17P2/c1-7-10-12-14-16-18-20-22-24-25-29-32-36-39-43-50-56-62-68-83(88)96-74-81(102-86(91)71-65-59-53-45-41-37-33-30-27-26-28-31-34-38-42-49-55-61-67-79(6)9-3)76-100-104(92,93)98-72-80(87)73-99-105(94,95)101-77-82(75-97-84(89)69-63-57-51-47-46-48-54-60-66-78(4)5)103-85(90)70-64-58-52-44-40-35-23-21-19-17-15-13-11-8-2/h78-82,87H,7-77H2,1-6H3,(H,92,93)(H,94,95)/t79?,80-,81-,82-/m1/s1. The van der Waals surface area contributed by atoms with Crippen molar-refractivity contribution in [2.75, 3.05) is 39.6 Å². The smallest absolute Gasteiger partial charge is 0.462 e. The van der Waals surface area contributed by atoms with Gasteiger partial charge in [-0.1, -0.05) is 408 Å². The summed E-state index contributed by atoms with van der Waals surface area (Å²) < 4.78 is 68.9. The molecule has 0 radical (unpaired) electrons. The molecule has 0 aliphatic rings. The summed E-state index contributed by atoms with van der Waals surface area (Å²) in [6.45, 7) is 9.70. The van der Waals surface area contributed by atoms with Crippen molar-refractivity contribution in [1.29, 1.82) is 0 Å². The third-order valence-electron chi connectivity index (χ3n) is 20.6. The van der Waals surface area contributed by atoms with Gasteiger partial charge < -0.3 is 33.8 Å². The summed E-state index contributed by atoms with van der Waals surface area (Å²) in [6.07, 6.45) is 69.4. The fourth-order valence-electron chi connectivity index (χ4n) is 13.4. The number of carbonyl (C=O) groups is 4. The van der Waals surface area contributed by atoms with Gasteiger partial charge in [-0.25, -0.2) is 9.13 Å². The SMILES string of the molecule is CCCCCCCCCCCCCCCCCCCCC(=O)OC[C@H](COP(=O)(O)OC[C@@H](O)COP(=O)(O)OC[C@@H](COC(=O)CCCCCCCCCCC(C)C)OC(=O)CCCCCCCCCCCCCCCC)OC(=O)CCCCCCCCCCCCCCCCCCCCC(C)CC. The maximum absolute atomic E-state index is 13.1. The maximum atomic E-state index is 13.1. The zero-order valence-corrected chi connectivity index (χ0v) is 70.8. The highest BCUT2D eigenvalue weighted by Gasteiger charge is 2.30. The minimum absolute atomic E-state index is 0.108. The van der Waals surface area contributed by atoms with Crippen molar-refractivity contribution in [1.82, 2.24) is 0 Å². The Labute approximate surface area is 645 Å². The first-order chi connectivity index (χ1) is 50.9. The van der Waals surface area contributed by atoms with E-state index in [1.807, 2.05) is 0 Å². The van der Waals surface area contributed by atoms with Crippen LogP contribution < -0.4 is 0 Å². The number of aliphatic hydroxyl groups is 1. The largest absolute Gasteiger partial charge is 0.472 e. The van der Waals surface area contributed by atoms with Crippen LogP contribution in [0.4, 0.5) is 0 Å². The molecule has 0 heterocycles. The molecule has 6 atom stereocenters. The van der Waals surface area contributed by atoms with Gasteiger partial charge in [-0.15, -0.1) is 0 Å². The Bertz CT molecular complexity index is 2010. The van der Waals surface area contributed by atoms with Gasteiger partial charge in [0.1, 0.15) is 19.3 Å². The van der Waals surface area contributed by atoms with Crippen LogP contribution in [0.25, 0.3) is 0 Å². The molecule has 0 rings (SSSR count). The maximum Gasteiger partial charge on any atom is 0.472 e. The molecule has 0 spiro atoms. The Kier molecular flexibility index (Phi) is 76.0. The van der Waals surface area contributed by atoms with Gasteiger partial charge in [-0.3, -0.25) is 37.3 Å². The topological polar surface area (TPSA) is 237 Å². The molecule has 0 aliphatic carbocycles. The summed E-state index contributed by atoms with van der Waals surface area (Å²) in [4.78, 5) is 73.2. The molecule has 3 N–H and O–H groups in total. The molecule has 19 heteroatoms. The van der Waals surface area contributed by atoms with Crippen molar-refractivity contribution < 1.29 is 80.2 Å². The Hall–Kier alpha value is -1.94. The van der Waals surface area contributed by atoms with Crippen LogP contribution in [-0.2, 0) is 65.4 Å². The van der Waals surface area contributed by atoms with Crippen molar-refractivity contribution in [3.05, 3.63) is 0 Å². The molecule has 17 nitrogen and oxygen atoms in total. The van der Waals surface area contributed by atoms with E-state index in [1.165, 1.54) is 276 Å². The lowest BCUT2D eigenvalue weighted by atomic mass is 9.99. The number of esters is 4. The van der Waals surface area contributed by atoms with Gasteiger partial charge >= 0.3 is 39.5 Å². The Balaban J connectivity index is 5.23. The van der Waals surface area contributed by atoms with Crippen LogP contribution in [0, 0.1) is 11.8 Å². The van der Waals surface area contributed by atoms with Crippen molar-refractivity contribution in [3.8, 4) is 0 Å². The van der Waals surface area contributed by atoms with E-state index in [4.69, 9.17) is 37.0 Å². The third kappa shape index (κ3) is 78.5. The number of ether oxygens (including phenoxy) is 4. The van der Waals surface area contributed by atoms with Gasteiger partial charge in [0.05, 0.1) is 26.4 Å². The predicted octanol–water partition coefficient (Wildman–Crippen LogP) is 26.2. The number of unbranched alkanes of at least 4 members (excludes halogenated alkanes) is 54. The van der Waals surface area contributed by atoms with Crippen LogP contribution in [0.2, 0.25) is 0 Å². The molecule has 624 valence electrons. The van der Waals surface area contributed by atoms with Crippen molar-refractivity contribution in [2.45, 2.75) is 477 Å². The van der Waals surface area contributed by atoms with Gasteiger partial charge in [0, 0.05) is 25.7 Å². The summed E-state index contributed by atoms with van der Waals surface area (Å²) in [5.74, 6) is -0.504. The molecule has 0 saturated heterocycles. The van der Waals surface area contributed by atoms with Crippen LogP contribution in [-0.4, -0.2) is 96.7 Å². The molecule has 0 fully saturated rings. The second kappa shape index (κ2) is 77.4. The minimum Gasteiger partial charge on any atom is -0.462 e. The zero-order chi connectivity index (χ0) is 77.1. The molecule has 105 heavy (non-hydrogen) atoms. The van der Waals surface area contributed by atoms with E-state index in [1.54, 1.807) is 0 Å². The Morgan fingerprint density at radius 3 is 0.724 bits per heavy atom. The first-order valence-corrected chi connectivity index (χ1v) is 47.5. The van der Waals surface area contributed by atoms with Gasteiger partial charge in [0.2, 0.25) is 0 Å². The average Bonchev–Trinajstić information content (AvgIpc) is 0.911. The summed E-state index contributed by atoms with van der Waals surface area (Å²) in [6, 6.07) is 0. The highest BCUT2D eigenvalue weighted by atomic mass is 31.2. The molecule has 0 aromatic rings. The summed E-state index contributed by atoms with van der Waals surface area (Å²) in [5.41, 5.74) is 0. The van der Waals surface area contributed by atoms with Crippen LogP contribution in [0.3, 0.4) is 0 Å². The predicted molar refractivity (Wildman–Crippen MR) is 432 cm³/mol. The molecular weight excluding hydrogens is 1370 g/mol. The Morgan fingerprint density at radius 2 is 0.486 bits per heavy atom. The minimum atomic E-state index is -4.97. The number of rotatable bonds is 85. The quantitative estimate of drug-likeness (QED) is 0.0222. The van der Waals surface area contributed by atoms with E-state index < -0.39 is 97.5 Å². The van der Waals surface area contributed by atoms with E-state index in [9.17, 15) is 43.2 Å². The number of phosphoric ester groups is 2. The average molecular weight is 1540 g/mol. The van der Waals surface area contributed by atoms with Gasteiger partial charge in [0.25, 0.3) is 0 Å². The van der Waals surface area contributed by atoms with Crippen LogP contribution in [0.1, 0.15) is 459 Å². The van der Waals surface area contributed by atoms with E-state index in [2.05, 4.69) is 41.5 Å². The van der Waals surface area contributed by atoms with Gasteiger partial charge in [-0.2, -0.15) is 0 Å². The van der Waals surface area contributed by atoms with Crippen LogP contribution >= 0.6 is 15.6 Å². The lowest BCUT2D eigenvalue weighted by molar-refractivity contribution is -0.161. The molecule has 0 amide bonds. The molecular formula is C86H168O17P2. The number of phosphoric acid groups is 2. The van der Waals surface area contributed by atoms with Crippen LogP contribution in [0.5, 0.6) is 0 Å². The first-order valence-electron chi connectivity index (χ1n) is 44.5. The van der Waals surface area contributed by atoms with E-state index in [0.29, 0.717) is 25.7 Å². The summed E-state index contributed by atoms with van der Waals surface area (Å²) >= 11 is 0. The first kappa shape index (κ1) is 103. The fraction of sp³-hybridized carbons (Fsp3) is 0.953. The van der Waals surface area contributed by atoms with Crippen molar-refractivity contribution in [3.63, 3.8) is 0 Å². The lowest BCUT2D eigenvalue weighted by Gasteiger charge is -2.21. The number of hydrogen-bond acceptors (Lipinski definition) is 15. The zero-order valence-electron chi connectivity index (χ0n) is 69.0. The van der Waals surface area contributed by atoms with E-state index >= 15 is 0 Å². The molecule has 0 saturated carbocycles. The monoisotopic (exact) mass is 1540 g/mol. The highest BCUT2D eigenvalue weighted by molar-refractivity contribution is 7.47. The Morgan fingerprint density at radius 1 is 0.276 bits per heavy atom. The van der Waals surface area contributed by atoms with Gasteiger partial charge in [-0.05, 0) is 37.5 Å². The van der Waals surface area contributed by atoms with E-state index in [-0.39, 0.29) is 25.7 Å². The van der Waals surface area contributed by atoms with Crippen molar-refractivity contribution in [2.24, 2.45) is 11.8 Å². The second-order valence-electron chi connectivity index (χ2n) is 31.6. The second-order valence-corrected chi connectivity index (χ2v) is 34.6. The number of aliphatic hydroxyl groups excluding tert-OH is 1. The highest BCUT2D eigenvalue weighted by Crippen LogP contribution is 2.45. The summed E-state index contributed by atoms with van der Waals surface area (Å²) in [7, 11) is -9.93. The number of carbonyl (C=O) groups excluding carboxylic acids is 4. The molecule has 0 aliphatic heterocycles. The summed E-state index contributed by atoms with van der Waals surface area (Å²) in [5, 5.41) is 10.7. The van der Waals surface area contributed by atoms with Crippen molar-refractivity contribution >= 4 is 39.5 Å². The lowest BCUT2D eigenvalue weighted by Crippen LogP contribution is -2.30.